The van der Waals surface area contributed by atoms with Crippen molar-refractivity contribution in [2.45, 2.75) is 25.8 Å². The maximum absolute atomic E-state index is 13.1. The SMILES string of the molecule is O=c1c2nnn(-c3ccccc3)c2ncn1Cc1nn(-c2ccccc2)c2c1CCC2. The van der Waals surface area contributed by atoms with Gasteiger partial charge in [0.2, 0.25) is 0 Å². The molecule has 0 unspecified atom stereocenters. The summed E-state index contributed by atoms with van der Waals surface area (Å²) in [6, 6.07) is 19.7. The van der Waals surface area contributed by atoms with Crippen LogP contribution in [-0.4, -0.2) is 34.3 Å². The topological polar surface area (TPSA) is 83.4 Å². The van der Waals surface area contributed by atoms with Crippen LogP contribution in [0.5, 0.6) is 0 Å². The number of para-hydroxylation sites is 2. The zero-order chi connectivity index (χ0) is 20.8. The minimum absolute atomic E-state index is 0.215. The highest BCUT2D eigenvalue weighted by Gasteiger charge is 2.24. The van der Waals surface area contributed by atoms with Gasteiger partial charge in [0.25, 0.3) is 5.56 Å². The first kappa shape index (κ1) is 17.8. The minimum Gasteiger partial charge on any atom is -0.291 e. The number of fused-ring (bicyclic) bond motifs is 2. The van der Waals surface area contributed by atoms with E-state index in [2.05, 4.69) is 27.4 Å². The van der Waals surface area contributed by atoms with Crippen LogP contribution in [0.2, 0.25) is 0 Å². The van der Waals surface area contributed by atoms with Crippen molar-refractivity contribution < 1.29 is 0 Å². The van der Waals surface area contributed by atoms with Crippen LogP contribution in [0, 0.1) is 0 Å². The Morgan fingerprint density at radius 3 is 2.32 bits per heavy atom. The highest BCUT2D eigenvalue weighted by Crippen LogP contribution is 2.28. The van der Waals surface area contributed by atoms with E-state index in [-0.39, 0.29) is 11.1 Å². The predicted molar refractivity (Wildman–Crippen MR) is 116 cm³/mol. The number of rotatable bonds is 4. The fourth-order valence-electron chi connectivity index (χ4n) is 4.28. The Morgan fingerprint density at radius 1 is 0.871 bits per heavy atom. The molecular weight excluding hydrogens is 390 g/mol. The van der Waals surface area contributed by atoms with Crippen molar-refractivity contribution in [3.63, 3.8) is 0 Å². The van der Waals surface area contributed by atoms with E-state index in [4.69, 9.17) is 5.10 Å². The molecule has 2 aromatic carbocycles. The number of benzene rings is 2. The van der Waals surface area contributed by atoms with Crippen LogP contribution in [-0.2, 0) is 19.4 Å². The maximum atomic E-state index is 13.1. The summed E-state index contributed by atoms with van der Waals surface area (Å²) in [4.78, 5) is 17.6. The average molecular weight is 409 g/mol. The molecule has 0 saturated heterocycles. The summed E-state index contributed by atoms with van der Waals surface area (Å²) in [6.07, 6.45) is 4.64. The van der Waals surface area contributed by atoms with Crippen LogP contribution in [0.4, 0.5) is 0 Å². The minimum atomic E-state index is -0.215. The molecule has 0 amide bonds. The van der Waals surface area contributed by atoms with E-state index in [1.54, 1.807) is 15.6 Å². The highest BCUT2D eigenvalue weighted by molar-refractivity contribution is 5.70. The first-order valence-corrected chi connectivity index (χ1v) is 10.3. The Bertz CT molecular complexity index is 1450. The first-order chi connectivity index (χ1) is 15.3. The third-order valence-electron chi connectivity index (χ3n) is 5.76. The standard InChI is InChI=1S/C23H19N7O/c31-23-21-22(30(27-25-21)17-10-5-2-6-11-17)24-15-28(23)14-19-18-12-7-13-20(18)29(26-19)16-8-3-1-4-9-16/h1-6,8-11,15H,7,12-14H2. The fraction of sp³-hybridized carbons (Fsp3) is 0.174. The van der Waals surface area contributed by atoms with E-state index in [1.807, 2.05) is 53.2 Å². The molecule has 8 heteroatoms. The van der Waals surface area contributed by atoms with Gasteiger partial charge >= 0.3 is 0 Å². The molecule has 152 valence electrons. The Morgan fingerprint density at radius 2 is 1.58 bits per heavy atom. The average Bonchev–Trinajstić information content (AvgIpc) is 3.53. The van der Waals surface area contributed by atoms with Crippen LogP contribution in [0.3, 0.4) is 0 Å². The van der Waals surface area contributed by atoms with Gasteiger partial charge in [0.05, 0.1) is 23.6 Å². The molecule has 8 nitrogen and oxygen atoms in total. The van der Waals surface area contributed by atoms with E-state index >= 15 is 0 Å². The molecule has 0 fully saturated rings. The third kappa shape index (κ3) is 2.87. The molecule has 31 heavy (non-hydrogen) atoms. The van der Waals surface area contributed by atoms with E-state index in [0.29, 0.717) is 12.2 Å². The molecule has 0 saturated carbocycles. The Hall–Kier alpha value is -4.07. The summed E-state index contributed by atoms with van der Waals surface area (Å²) < 4.78 is 5.17. The predicted octanol–water partition coefficient (Wildman–Crippen LogP) is 2.70. The summed E-state index contributed by atoms with van der Waals surface area (Å²) >= 11 is 0. The van der Waals surface area contributed by atoms with Gasteiger partial charge in [0.1, 0.15) is 6.33 Å². The van der Waals surface area contributed by atoms with Crippen molar-refractivity contribution in [3.05, 3.63) is 94.3 Å². The molecule has 0 aliphatic heterocycles. The lowest BCUT2D eigenvalue weighted by molar-refractivity contribution is 0.690. The monoisotopic (exact) mass is 409 g/mol. The number of aromatic nitrogens is 7. The van der Waals surface area contributed by atoms with Gasteiger partial charge < -0.3 is 0 Å². The lowest BCUT2D eigenvalue weighted by atomic mass is 10.2. The highest BCUT2D eigenvalue weighted by atomic mass is 16.1. The molecule has 1 aliphatic rings. The van der Waals surface area contributed by atoms with Gasteiger partial charge in [-0.05, 0) is 49.1 Å². The Balaban J connectivity index is 1.41. The largest absolute Gasteiger partial charge is 0.291 e. The molecule has 5 aromatic rings. The van der Waals surface area contributed by atoms with Crippen LogP contribution in [0.25, 0.3) is 22.5 Å². The van der Waals surface area contributed by atoms with Gasteiger partial charge in [0.15, 0.2) is 11.2 Å². The molecule has 3 aromatic heterocycles. The fourth-order valence-corrected chi connectivity index (χ4v) is 4.28. The molecule has 0 N–H and O–H groups in total. The maximum Gasteiger partial charge on any atom is 0.283 e. The molecule has 3 heterocycles. The van der Waals surface area contributed by atoms with Crippen molar-refractivity contribution in [1.82, 2.24) is 34.3 Å². The van der Waals surface area contributed by atoms with Crippen LogP contribution < -0.4 is 5.56 Å². The van der Waals surface area contributed by atoms with Crippen molar-refractivity contribution in [1.29, 1.82) is 0 Å². The molecular formula is C23H19N7O. The van der Waals surface area contributed by atoms with Crippen molar-refractivity contribution in [2.24, 2.45) is 0 Å². The van der Waals surface area contributed by atoms with Gasteiger partial charge in [-0.1, -0.05) is 41.6 Å². The molecule has 0 bridgehead atoms. The van der Waals surface area contributed by atoms with Crippen LogP contribution in [0.15, 0.2) is 71.8 Å². The van der Waals surface area contributed by atoms with Crippen molar-refractivity contribution in [3.8, 4) is 11.4 Å². The first-order valence-electron chi connectivity index (χ1n) is 10.3. The molecule has 0 radical (unpaired) electrons. The zero-order valence-corrected chi connectivity index (χ0v) is 16.7. The molecule has 1 aliphatic carbocycles. The van der Waals surface area contributed by atoms with Crippen LogP contribution in [0.1, 0.15) is 23.4 Å². The van der Waals surface area contributed by atoms with Gasteiger partial charge in [-0.25, -0.2) is 9.67 Å². The van der Waals surface area contributed by atoms with Crippen LogP contribution >= 0.6 is 0 Å². The van der Waals surface area contributed by atoms with Crippen molar-refractivity contribution in [2.75, 3.05) is 0 Å². The van der Waals surface area contributed by atoms with Gasteiger partial charge in [-0.2, -0.15) is 9.78 Å². The third-order valence-corrected chi connectivity index (χ3v) is 5.76. The number of hydrogen-bond donors (Lipinski definition) is 0. The summed E-state index contributed by atoms with van der Waals surface area (Å²) in [7, 11) is 0. The second kappa shape index (κ2) is 7.02. The van der Waals surface area contributed by atoms with E-state index in [0.717, 1.165) is 36.3 Å². The van der Waals surface area contributed by atoms with Gasteiger partial charge in [-0.3, -0.25) is 9.36 Å². The van der Waals surface area contributed by atoms with Gasteiger partial charge in [0, 0.05) is 5.69 Å². The number of hydrogen-bond acceptors (Lipinski definition) is 5. The Labute approximate surface area is 177 Å². The quantitative estimate of drug-likeness (QED) is 0.456. The smallest absolute Gasteiger partial charge is 0.283 e. The van der Waals surface area contributed by atoms with Crippen molar-refractivity contribution >= 4 is 11.2 Å². The summed E-state index contributed by atoms with van der Waals surface area (Å²) in [5, 5.41) is 13.1. The molecule has 0 spiro atoms. The molecule has 0 atom stereocenters. The van der Waals surface area contributed by atoms with E-state index < -0.39 is 0 Å². The second-order valence-electron chi connectivity index (χ2n) is 7.66. The van der Waals surface area contributed by atoms with E-state index in [9.17, 15) is 4.79 Å². The van der Waals surface area contributed by atoms with Gasteiger partial charge in [-0.15, -0.1) is 5.10 Å². The molecule has 6 rings (SSSR count). The Kier molecular flexibility index (Phi) is 4.02. The summed E-state index contributed by atoms with van der Waals surface area (Å²) in [5.74, 6) is 0. The number of nitrogens with zero attached hydrogens (tertiary/aromatic N) is 7. The van der Waals surface area contributed by atoms with E-state index in [1.165, 1.54) is 11.3 Å². The lowest BCUT2D eigenvalue weighted by Gasteiger charge is -2.06. The lowest BCUT2D eigenvalue weighted by Crippen LogP contribution is -2.22. The normalized spacial score (nSPS) is 13.0. The zero-order valence-electron chi connectivity index (χ0n) is 16.7. The summed E-state index contributed by atoms with van der Waals surface area (Å²) in [6.45, 7) is 0.363. The summed E-state index contributed by atoms with van der Waals surface area (Å²) in [5.41, 5.74) is 5.73. The second-order valence-corrected chi connectivity index (χ2v) is 7.66.